The Morgan fingerprint density at radius 2 is 1.65 bits per heavy atom. The van der Waals surface area contributed by atoms with Gasteiger partial charge in [0.25, 0.3) is 0 Å². The van der Waals surface area contributed by atoms with Crippen LogP contribution in [0.3, 0.4) is 0 Å². The minimum absolute atomic E-state index is 0.0147. The average Bonchev–Trinajstić information content (AvgIpc) is 2.88. The average molecular weight is 534 g/mol. The van der Waals surface area contributed by atoms with Gasteiger partial charge < -0.3 is 19.7 Å². The zero-order chi connectivity index (χ0) is 27.6. The van der Waals surface area contributed by atoms with Crippen molar-refractivity contribution in [1.29, 1.82) is 0 Å². The highest BCUT2D eigenvalue weighted by Crippen LogP contribution is 2.24. The van der Waals surface area contributed by atoms with Gasteiger partial charge >= 0.3 is 0 Å². The molecule has 0 saturated heterocycles. The summed E-state index contributed by atoms with van der Waals surface area (Å²) in [5, 5.41) is 2.94. The first kappa shape index (κ1) is 30.0. The first-order valence-corrected chi connectivity index (χ1v) is 14.2. The zero-order valence-electron chi connectivity index (χ0n) is 22.6. The molecule has 0 unspecified atom stereocenters. The van der Waals surface area contributed by atoms with E-state index >= 15 is 0 Å². The fourth-order valence-corrected chi connectivity index (χ4v) is 4.70. The van der Waals surface area contributed by atoms with Crippen LogP contribution in [0, 0.1) is 0 Å². The SMILES string of the molecule is CC[C@@H](C)NC(=O)[C@@H](C)N(Cc1ccc(OC)cc1)C(=O)CCCN(c1cccc(OC)c1)S(C)(=O)=O. The maximum absolute atomic E-state index is 13.4. The van der Waals surface area contributed by atoms with Gasteiger partial charge in [0.05, 0.1) is 26.2 Å². The Labute approximate surface area is 220 Å². The number of carbonyl (C=O) groups excluding carboxylic acids is 2. The number of methoxy groups -OCH3 is 2. The van der Waals surface area contributed by atoms with E-state index in [1.54, 1.807) is 50.4 Å². The van der Waals surface area contributed by atoms with E-state index in [0.717, 1.165) is 18.2 Å². The maximum Gasteiger partial charge on any atom is 0.242 e. The Bertz CT molecular complexity index is 1140. The third-order valence-electron chi connectivity index (χ3n) is 6.17. The number of benzene rings is 2. The van der Waals surface area contributed by atoms with Gasteiger partial charge in [-0.1, -0.05) is 25.1 Å². The van der Waals surface area contributed by atoms with Gasteiger partial charge in [0.15, 0.2) is 0 Å². The summed E-state index contributed by atoms with van der Waals surface area (Å²) in [6.07, 6.45) is 2.26. The molecule has 2 aromatic rings. The summed E-state index contributed by atoms with van der Waals surface area (Å²) >= 11 is 0. The third-order valence-corrected chi connectivity index (χ3v) is 7.37. The zero-order valence-corrected chi connectivity index (χ0v) is 23.4. The van der Waals surface area contributed by atoms with Crippen molar-refractivity contribution >= 4 is 27.5 Å². The summed E-state index contributed by atoms with van der Waals surface area (Å²) in [6.45, 7) is 5.95. The first-order chi connectivity index (χ1) is 17.5. The molecule has 0 radical (unpaired) electrons. The molecule has 9 nitrogen and oxygen atoms in total. The molecule has 37 heavy (non-hydrogen) atoms. The molecule has 2 rings (SSSR count). The third kappa shape index (κ3) is 8.96. The molecular weight excluding hydrogens is 494 g/mol. The summed E-state index contributed by atoms with van der Waals surface area (Å²) in [7, 11) is -0.492. The lowest BCUT2D eigenvalue weighted by Gasteiger charge is -2.30. The lowest BCUT2D eigenvalue weighted by atomic mass is 10.1. The van der Waals surface area contributed by atoms with Gasteiger partial charge in [-0.25, -0.2) is 8.42 Å². The highest BCUT2D eigenvalue weighted by Gasteiger charge is 2.27. The normalized spacial score (nSPS) is 12.8. The van der Waals surface area contributed by atoms with Crippen LogP contribution in [0.15, 0.2) is 48.5 Å². The number of hydrogen-bond acceptors (Lipinski definition) is 6. The summed E-state index contributed by atoms with van der Waals surface area (Å²) in [6, 6.07) is 13.4. The summed E-state index contributed by atoms with van der Waals surface area (Å²) < 4.78 is 36.7. The molecule has 204 valence electrons. The minimum Gasteiger partial charge on any atom is -0.497 e. The summed E-state index contributed by atoms with van der Waals surface area (Å²) in [5.74, 6) is 0.767. The van der Waals surface area contributed by atoms with Gasteiger partial charge in [-0.3, -0.25) is 13.9 Å². The van der Waals surface area contributed by atoms with Gasteiger partial charge in [-0.2, -0.15) is 0 Å². The largest absolute Gasteiger partial charge is 0.497 e. The van der Waals surface area contributed by atoms with Crippen LogP contribution in [0.25, 0.3) is 0 Å². The Morgan fingerprint density at radius 1 is 1.00 bits per heavy atom. The highest BCUT2D eigenvalue weighted by atomic mass is 32.2. The molecule has 0 spiro atoms. The number of sulfonamides is 1. The van der Waals surface area contributed by atoms with Crippen molar-refractivity contribution in [1.82, 2.24) is 10.2 Å². The van der Waals surface area contributed by atoms with E-state index in [9.17, 15) is 18.0 Å². The number of hydrogen-bond donors (Lipinski definition) is 1. The molecule has 0 saturated carbocycles. The number of rotatable bonds is 14. The van der Waals surface area contributed by atoms with Crippen LogP contribution in [0.1, 0.15) is 45.6 Å². The molecule has 0 bridgehead atoms. The number of carbonyl (C=O) groups is 2. The quantitative estimate of drug-likeness (QED) is 0.398. The lowest BCUT2D eigenvalue weighted by Crippen LogP contribution is -2.49. The Kier molecular flexibility index (Phi) is 11.2. The van der Waals surface area contributed by atoms with Crippen molar-refractivity contribution in [3.05, 3.63) is 54.1 Å². The monoisotopic (exact) mass is 533 g/mol. The van der Waals surface area contributed by atoms with E-state index < -0.39 is 16.1 Å². The predicted molar refractivity (Wildman–Crippen MR) is 145 cm³/mol. The fourth-order valence-electron chi connectivity index (χ4n) is 3.75. The number of anilines is 1. The molecule has 0 aromatic heterocycles. The van der Waals surface area contributed by atoms with Crippen LogP contribution in [-0.4, -0.2) is 64.2 Å². The van der Waals surface area contributed by atoms with E-state index in [1.165, 1.54) is 16.3 Å². The Morgan fingerprint density at radius 3 is 2.22 bits per heavy atom. The van der Waals surface area contributed by atoms with E-state index in [0.29, 0.717) is 17.2 Å². The molecule has 0 fully saturated rings. The molecule has 0 aliphatic heterocycles. The number of amides is 2. The van der Waals surface area contributed by atoms with Gasteiger partial charge in [0.1, 0.15) is 17.5 Å². The Hall–Kier alpha value is -3.27. The van der Waals surface area contributed by atoms with Crippen molar-refractivity contribution in [2.24, 2.45) is 0 Å². The van der Waals surface area contributed by atoms with Crippen LogP contribution in [-0.2, 0) is 26.2 Å². The topological polar surface area (TPSA) is 105 Å². The van der Waals surface area contributed by atoms with Gasteiger partial charge in [0.2, 0.25) is 21.8 Å². The first-order valence-electron chi connectivity index (χ1n) is 12.3. The number of nitrogens with one attached hydrogen (secondary N) is 1. The highest BCUT2D eigenvalue weighted by molar-refractivity contribution is 7.92. The van der Waals surface area contributed by atoms with Crippen LogP contribution < -0.4 is 19.1 Å². The molecule has 0 aliphatic rings. The molecule has 10 heteroatoms. The van der Waals surface area contributed by atoms with Crippen LogP contribution in [0.2, 0.25) is 0 Å². The predicted octanol–water partition coefficient (Wildman–Crippen LogP) is 3.58. The van der Waals surface area contributed by atoms with E-state index in [1.807, 2.05) is 26.0 Å². The second-order valence-corrected chi connectivity index (χ2v) is 10.9. The molecule has 2 atom stereocenters. The van der Waals surface area contributed by atoms with Crippen molar-refractivity contribution in [2.45, 2.75) is 58.7 Å². The number of ether oxygens (including phenoxy) is 2. The molecule has 0 heterocycles. The Balaban J connectivity index is 2.19. The standard InChI is InChI=1S/C27H39N3O6S/c1-7-20(2)28-27(32)21(3)29(19-22-13-15-24(35-4)16-14-22)26(31)12-9-17-30(37(6,33)34)23-10-8-11-25(18-23)36-5/h8,10-11,13-16,18,20-21H,7,9,12,17,19H2,1-6H3,(H,28,32)/t20-,21-/m1/s1. The summed E-state index contributed by atoms with van der Waals surface area (Å²) in [4.78, 5) is 27.8. The molecule has 2 amide bonds. The maximum atomic E-state index is 13.4. The molecule has 2 aromatic carbocycles. The van der Waals surface area contributed by atoms with E-state index in [4.69, 9.17) is 9.47 Å². The van der Waals surface area contributed by atoms with E-state index in [2.05, 4.69) is 5.32 Å². The van der Waals surface area contributed by atoms with Gasteiger partial charge in [-0.15, -0.1) is 0 Å². The minimum atomic E-state index is -3.59. The molecule has 1 N–H and O–H groups in total. The fraction of sp³-hybridized carbons (Fsp3) is 0.481. The summed E-state index contributed by atoms with van der Waals surface area (Å²) in [5.41, 5.74) is 1.32. The van der Waals surface area contributed by atoms with Crippen molar-refractivity contribution in [3.63, 3.8) is 0 Å². The van der Waals surface area contributed by atoms with Crippen LogP contribution in [0.5, 0.6) is 11.5 Å². The second kappa shape index (κ2) is 13.9. The lowest BCUT2D eigenvalue weighted by molar-refractivity contribution is -0.140. The second-order valence-electron chi connectivity index (χ2n) is 9.00. The van der Waals surface area contributed by atoms with Crippen molar-refractivity contribution < 1.29 is 27.5 Å². The van der Waals surface area contributed by atoms with E-state index in [-0.39, 0.29) is 43.8 Å². The molecule has 0 aliphatic carbocycles. The number of nitrogens with zero attached hydrogens (tertiary/aromatic N) is 2. The van der Waals surface area contributed by atoms with Crippen molar-refractivity contribution in [2.75, 3.05) is 31.3 Å². The van der Waals surface area contributed by atoms with Crippen LogP contribution in [0.4, 0.5) is 5.69 Å². The van der Waals surface area contributed by atoms with Crippen LogP contribution >= 0.6 is 0 Å². The van der Waals surface area contributed by atoms with Gasteiger partial charge in [0, 0.05) is 31.6 Å². The smallest absolute Gasteiger partial charge is 0.242 e. The van der Waals surface area contributed by atoms with Crippen molar-refractivity contribution in [3.8, 4) is 11.5 Å². The van der Waals surface area contributed by atoms with Gasteiger partial charge in [-0.05, 0) is 56.5 Å². The molecular formula is C27H39N3O6S.